The van der Waals surface area contributed by atoms with Gasteiger partial charge >= 0.3 is 0 Å². The van der Waals surface area contributed by atoms with Gasteiger partial charge in [0.2, 0.25) is 0 Å². The predicted molar refractivity (Wildman–Crippen MR) is 61.9 cm³/mol. The Morgan fingerprint density at radius 3 is 2.80 bits per heavy atom. The fourth-order valence-electron chi connectivity index (χ4n) is 2.93. The minimum absolute atomic E-state index is 0.213. The highest BCUT2D eigenvalue weighted by Gasteiger charge is 2.37. The summed E-state index contributed by atoms with van der Waals surface area (Å²) in [7, 11) is 0. The molecule has 0 aromatic rings. The molecule has 2 rings (SSSR count). The van der Waals surface area contributed by atoms with Crippen molar-refractivity contribution >= 4 is 0 Å². The Morgan fingerprint density at radius 2 is 2.07 bits per heavy atom. The van der Waals surface area contributed by atoms with Crippen molar-refractivity contribution < 1.29 is 4.74 Å². The van der Waals surface area contributed by atoms with E-state index in [1.54, 1.807) is 0 Å². The summed E-state index contributed by atoms with van der Waals surface area (Å²) in [6.07, 6.45) is 7.56. The van der Waals surface area contributed by atoms with Crippen LogP contribution in [0.15, 0.2) is 0 Å². The molecule has 2 fully saturated rings. The van der Waals surface area contributed by atoms with Gasteiger partial charge in [0.05, 0.1) is 5.60 Å². The van der Waals surface area contributed by atoms with E-state index in [1.807, 2.05) is 0 Å². The van der Waals surface area contributed by atoms with Gasteiger partial charge in [-0.05, 0) is 58.2 Å². The van der Waals surface area contributed by atoms with E-state index in [-0.39, 0.29) is 5.60 Å². The first-order valence-electron chi connectivity index (χ1n) is 6.41. The summed E-state index contributed by atoms with van der Waals surface area (Å²) in [5, 5.41) is 0. The Morgan fingerprint density at radius 1 is 1.20 bits per heavy atom. The van der Waals surface area contributed by atoms with Gasteiger partial charge in [-0.2, -0.15) is 0 Å². The van der Waals surface area contributed by atoms with Gasteiger partial charge in [-0.1, -0.05) is 0 Å². The Balaban J connectivity index is 1.85. The molecular formula is C12H24N2O. The standard InChI is InChI=1S/C12H24N2O/c13-7-4-9-14-8-3-6-12(11-14)5-1-2-10-15-12/h1-11,13H2/t12-/m0/s1. The highest BCUT2D eigenvalue weighted by molar-refractivity contribution is 4.90. The Kier molecular flexibility index (Phi) is 4.00. The molecule has 0 aliphatic carbocycles. The number of rotatable bonds is 3. The molecule has 2 saturated heterocycles. The molecule has 0 aromatic carbocycles. The van der Waals surface area contributed by atoms with E-state index in [4.69, 9.17) is 10.5 Å². The van der Waals surface area contributed by atoms with Crippen LogP contribution < -0.4 is 5.73 Å². The number of nitrogens with zero attached hydrogens (tertiary/aromatic N) is 1. The lowest BCUT2D eigenvalue weighted by Gasteiger charge is -2.45. The van der Waals surface area contributed by atoms with Crippen molar-refractivity contribution in [1.29, 1.82) is 0 Å². The molecule has 2 aliphatic rings. The average Bonchev–Trinajstić information content (AvgIpc) is 2.28. The third kappa shape index (κ3) is 2.92. The number of ether oxygens (including phenoxy) is 1. The van der Waals surface area contributed by atoms with Crippen LogP contribution in [0.25, 0.3) is 0 Å². The first-order valence-corrected chi connectivity index (χ1v) is 6.41. The molecule has 15 heavy (non-hydrogen) atoms. The smallest absolute Gasteiger partial charge is 0.0809 e. The second kappa shape index (κ2) is 5.28. The van der Waals surface area contributed by atoms with Crippen LogP contribution in [0.1, 0.15) is 38.5 Å². The molecule has 0 unspecified atom stereocenters. The highest BCUT2D eigenvalue weighted by atomic mass is 16.5. The lowest BCUT2D eigenvalue weighted by molar-refractivity contribution is -0.116. The molecule has 2 N–H and O–H groups in total. The lowest BCUT2D eigenvalue weighted by atomic mass is 9.86. The van der Waals surface area contributed by atoms with Gasteiger partial charge in [0.15, 0.2) is 0 Å². The van der Waals surface area contributed by atoms with E-state index >= 15 is 0 Å². The molecule has 3 heteroatoms. The molecule has 2 heterocycles. The van der Waals surface area contributed by atoms with Crippen molar-refractivity contribution in [2.45, 2.75) is 44.1 Å². The minimum Gasteiger partial charge on any atom is -0.374 e. The van der Waals surface area contributed by atoms with Crippen LogP contribution >= 0.6 is 0 Å². The van der Waals surface area contributed by atoms with Crippen molar-refractivity contribution in [3.8, 4) is 0 Å². The fraction of sp³-hybridized carbons (Fsp3) is 1.00. The second-order valence-corrected chi connectivity index (χ2v) is 5.01. The first-order chi connectivity index (χ1) is 7.35. The van der Waals surface area contributed by atoms with Crippen LogP contribution in [-0.2, 0) is 4.74 Å². The van der Waals surface area contributed by atoms with E-state index in [0.29, 0.717) is 0 Å². The number of nitrogens with two attached hydrogens (primary N) is 1. The molecular weight excluding hydrogens is 188 g/mol. The third-order valence-electron chi connectivity index (χ3n) is 3.73. The maximum Gasteiger partial charge on any atom is 0.0809 e. The van der Waals surface area contributed by atoms with Crippen molar-refractivity contribution in [2.24, 2.45) is 5.73 Å². The van der Waals surface area contributed by atoms with E-state index in [2.05, 4.69) is 4.90 Å². The van der Waals surface area contributed by atoms with Crippen LogP contribution in [0.4, 0.5) is 0 Å². The van der Waals surface area contributed by atoms with Crippen LogP contribution in [0.2, 0.25) is 0 Å². The maximum absolute atomic E-state index is 6.04. The summed E-state index contributed by atoms with van der Waals surface area (Å²) in [6.45, 7) is 5.33. The van der Waals surface area contributed by atoms with Gasteiger partial charge in [0, 0.05) is 13.2 Å². The molecule has 0 saturated carbocycles. The number of hydrogen-bond donors (Lipinski definition) is 1. The summed E-state index contributed by atoms with van der Waals surface area (Å²) in [4.78, 5) is 2.54. The summed E-state index contributed by atoms with van der Waals surface area (Å²) >= 11 is 0. The summed E-state index contributed by atoms with van der Waals surface area (Å²) in [5.74, 6) is 0. The second-order valence-electron chi connectivity index (χ2n) is 5.01. The van der Waals surface area contributed by atoms with Crippen molar-refractivity contribution in [2.75, 3.05) is 32.8 Å². The van der Waals surface area contributed by atoms with E-state index in [1.165, 1.54) is 38.6 Å². The highest BCUT2D eigenvalue weighted by Crippen LogP contribution is 2.33. The van der Waals surface area contributed by atoms with E-state index in [9.17, 15) is 0 Å². The van der Waals surface area contributed by atoms with Gasteiger partial charge in [-0.15, -0.1) is 0 Å². The van der Waals surface area contributed by atoms with Gasteiger partial charge in [-0.25, -0.2) is 0 Å². The third-order valence-corrected chi connectivity index (χ3v) is 3.73. The summed E-state index contributed by atoms with van der Waals surface area (Å²) < 4.78 is 6.04. The Bertz CT molecular complexity index is 185. The zero-order valence-electron chi connectivity index (χ0n) is 9.71. The van der Waals surface area contributed by atoms with Crippen LogP contribution in [0.5, 0.6) is 0 Å². The molecule has 0 radical (unpaired) electrons. The molecule has 2 aliphatic heterocycles. The molecule has 88 valence electrons. The zero-order valence-corrected chi connectivity index (χ0v) is 9.71. The normalized spacial score (nSPS) is 33.4. The maximum atomic E-state index is 6.04. The molecule has 3 nitrogen and oxygen atoms in total. The lowest BCUT2D eigenvalue weighted by Crippen LogP contribution is -2.51. The average molecular weight is 212 g/mol. The van der Waals surface area contributed by atoms with Crippen molar-refractivity contribution in [3.05, 3.63) is 0 Å². The van der Waals surface area contributed by atoms with Gasteiger partial charge in [-0.3, -0.25) is 0 Å². The first kappa shape index (κ1) is 11.4. The predicted octanol–water partition coefficient (Wildman–Crippen LogP) is 1.37. The minimum atomic E-state index is 0.213. The Hall–Kier alpha value is -0.120. The van der Waals surface area contributed by atoms with Crippen molar-refractivity contribution in [1.82, 2.24) is 4.90 Å². The molecule has 0 amide bonds. The Labute approximate surface area is 93.0 Å². The molecule has 1 atom stereocenters. The van der Waals surface area contributed by atoms with Crippen LogP contribution in [0.3, 0.4) is 0 Å². The van der Waals surface area contributed by atoms with Crippen molar-refractivity contribution in [3.63, 3.8) is 0 Å². The van der Waals surface area contributed by atoms with E-state index in [0.717, 1.165) is 32.7 Å². The van der Waals surface area contributed by atoms with Gasteiger partial charge in [0.1, 0.15) is 0 Å². The van der Waals surface area contributed by atoms with Gasteiger partial charge < -0.3 is 15.4 Å². The zero-order chi connectivity index (χ0) is 10.6. The number of piperidine rings is 1. The quantitative estimate of drug-likeness (QED) is 0.768. The molecule has 0 bridgehead atoms. The number of likely N-dealkylation sites (tertiary alicyclic amines) is 1. The largest absolute Gasteiger partial charge is 0.374 e. The van der Waals surface area contributed by atoms with Crippen LogP contribution in [-0.4, -0.2) is 43.3 Å². The van der Waals surface area contributed by atoms with Gasteiger partial charge in [0.25, 0.3) is 0 Å². The summed E-state index contributed by atoms with van der Waals surface area (Å²) in [5.41, 5.74) is 5.77. The summed E-state index contributed by atoms with van der Waals surface area (Å²) in [6, 6.07) is 0. The van der Waals surface area contributed by atoms with E-state index < -0.39 is 0 Å². The monoisotopic (exact) mass is 212 g/mol. The van der Waals surface area contributed by atoms with Crippen LogP contribution in [0, 0.1) is 0 Å². The SMILES string of the molecule is NCCCN1CCC[C@@]2(CCCCO2)C1. The fourth-order valence-corrected chi connectivity index (χ4v) is 2.93. The molecule has 0 aromatic heterocycles. The molecule has 1 spiro atoms. The number of hydrogen-bond acceptors (Lipinski definition) is 3. The topological polar surface area (TPSA) is 38.5 Å².